The summed E-state index contributed by atoms with van der Waals surface area (Å²) >= 11 is 0. The molecule has 4 aromatic rings. The highest BCUT2D eigenvalue weighted by Crippen LogP contribution is 2.31. The van der Waals surface area contributed by atoms with Gasteiger partial charge >= 0.3 is 0 Å². The summed E-state index contributed by atoms with van der Waals surface area (Å²) in [5, 5.41) is 146. The molecule has 3 aromatic heterocycles. The van der Waals surface area contributed by atoms with Crippen molar-refractivity contribution >= 4 is 0 Å². The van der Waals surface area contributed by atoms with E-state index < -0.39 is 112 Å². The van der Waals surface area contributed by atoms with Crippen LogP contribution in [0.1, 0.15) is 50.5 Å². The maximum Gasteiger partial charge on any atom is 0.187 e. The van der Waals surface area contributed by atoms with Crippen molar-refractivity contribution in [1.29, 1.82) is 0 Å². The molecule has 3 aliphatic heterocycles. The van der Waals surface area contributed by atoms with Gasteiger partial charge in [-0.05, 0) is 54.2 Å². The summed E-state index contributed by atoms with van der Waals surface area (Å²) in [6.45, 7) is 4.04. The summed E-state index contributed by atoms with van der Waals surface area (Å²) in [6.07, 6.45) is -17.0. The monoisotopic (exact) mass is 939 g/mol. The fourth-order valence-electron chi connectivity index (χ4n) is 8.15. The minimum Gasteiger partial charge on any atom is -0.394 e. The van der Waals surface area contributed by atoms with E-state index in [0.717, 1.165) is 33.4 Å². The first-order valence-corrected chi connectivity index (χ1v) is 21.1. The number of hydrogen-bond acceptors (Lipinski definition) is 24. The van der Waals surface area contributed by atoms with Gasteiger partial charge in [-0.25, -0.2) is 14.0 Å². The Labute approximate surface area is 375 Å². The molecule has 15 atom stereocenters. The summed E-state index contributed by atoms with van der Waals surface area (Å²) in [5.74, 6) is 0. The predicted octanol–water partition coefficient (Wildman–Crippen LogP) is -6.52. The summed E-state index contributed by atoms with van der Waals surface area (Å²) < 4.78 is 38.1. The van der Waals surface area contributed by atoms with Gasteiger partial charge in [-0.2, -0.15) is 0 Å². The summed E-state index contributed by atoms with van der Waals surface area (Å²) in [5.41, 5.74) is 6.24. The predicted molar refractivity (Wildman–Crippen MR) is 214 cm³/mol. The Morgan fingerprint density at radius 2 is 0.682 bits per heavy atom. The van der Waals surface area contributed by atoms with Crippen molar-refractivity contribution in [2.24, 2.45) is 0 Å². The Hall–Kier alpha value is -4.08. The molecule has 27 nitrogen and oxygen atoms in total. The smallest absolute Gasteiger partial charge is 0.187 e. The first-order chi connectivity index (χ1) is 31.5. The average molecular weight is 940 g/mol. The first kappa shape index (κ1) is 49.8. The lowest BCUT2D eigenvalue weighted by atomic mass is 9.88. The number of nitrogens with zero attached hydrogens (tertiary/aromatic N) is 9. The van der Waals surface area contributed by atoms with Gasteiger partial charge in [0.1, 0.15) is 90.3 Å². The van der Waals surface area contributed by atoms with Crippen molar-refractivity contribution in [3.63, 3.8) is 0 Å². The van der Waals surface area contributed by atoms with Gasteiger partial charge in [0, 0.05) is 0 Å². The zero-order valence-electron chi connectivity index (χ0n) is 36.1. The molecule has 0 aliphatic carbocycles. The number of aliphatic hydroxyl groups is 12. The van der Waals surface area contributed by atoms with Gasteiger partial charge in [-0.15, -0.1) is 15.3 Å². The quantitative estimate of drug-likeness (QED) is 0.0441. The van der Waals surface area contributed by atoms with Crippen LogP contribution >= 0.6 is 0 Å². The molecule has 0 unspecified atom stereocenters. The standard InChI is InChI=1S/C39H57N9O18/c1-16-22(7-46-4-19(40-43-46)13-61-37-34(58)31(55)28(52)25(10-49)64-37)17(2)24(9-48-6-21(42-45-48)15-63-39-36(60)33(57)30(54)27(12-51)66-39)18(3)23(16)8-47-5-20(41-44-47)14-62-38-35(59)32(56)29(53)26(11-50)65-38/h4-6,25-39,49-60H,7-15H2,1-3H3/t25-,26-,27-,28-,29-,30-,31+,32+,33+,34+,35+,36+,37+,38+,39+/m1/s1. The van der Waals surface area contributed by atoms with E-state index in [-0.39, 0.29) is 39.5 Å². The van der Waals surface area contributed by atoms with Crippen molar-refractivity contribution in [3.05, 3.63) is 69.1 Å². The second-order valence-corrected chi connectivity index (χ2v) is 16.6. The second kappa shape index (κ2) is 21.5. The van der Waals surface area contributed by atoms with Crippen molar-refractivity contribution < 1.29 is 89.7 Å². The molecule has 66 heavy (non-hydrogen) atoms. The van der Waals surface area contributed by atoms with Gasteiger partial charge in [0.15, 0.2) is 18.9 Å². The molecule has 6 heterocycles. The van der Waals surface area contributed by atoms with Crippen LogP contribution in [0, 0.1) is 20.8 Å². The van der Waals surface area contributed by atoms with Crippen LogP contribution in [-0.2, 0) is 67.9 Å². The van der Waals surface area contributed by atoms with Crippen LogP contribution in [-0.4, -0.2) is 218 Å². The van der Waals surface area contributed by atoms with Crippen LogP contribution in [0.25, 0.3) is 0 Å². The molecule has 3 aliphatic rings. The zero-order chi connectivity index (χ0) is 47.6. The lowest BCUT2D eigenvalue weighted by Crippen LogP contribution is -2.59. The molecule has 0 radical (unpaired) electrons. The normalized spacial score (nSPS) is 32.9. The second-order valence-electron chi connectivity index (χ2n) is 16.6. The van der Waals surface area contributed by atoms with Gasteiger partial charge in [0.05, 0.1) is 77.9 Å². The molecule has 1 aromatic carbocycles. The van der Waals surface area contributed by atoms with Gasteiger partial charge in [0.2, 0.25) is 0 Å². The number of aliphatic hydroxyl groups excluding tert-OH is 12. The summed E-state index contributed by atoms with van der Waals surface area (Å²) in [6, 6.07) is 0. The topological polar surface area (TPSA) is 390 Å². The van der Waals surface area contributed by atoms with Crippen molar-refractivity contribution in [2.45, 2.75) is 152 Å². The molecule has 3 saturated heterocycles. The summed E-state index contributed by atoms with van der Waals surface area (Å²) in [4.78, 5) is 0. The molecule has 0 bridgehead atoms. The Kier molecular flexibility index (Phi) is 16.2. The van der Waals surface area contributed by atoms with Gasteiger partial charge in [0.25, 0.3) is 0 Å². The Morgan fingerprint density at radius 3 is 0.924 bits per heavy atom. The minimum atomic E-state index is -1.62. The van der Waals surface area contributed by atoms with E-state index in [1.54, 1.807) is 32.6 Å². The lowest BCUT2D eigenvalue weighted by Gasteiger charge is -2.39. The molecular formula is C39H57N9O18. The van der Waals surface area contributed by atoms with E-state index in [9.17, 15) is 61.3 Å². The Balaban J connectivity index is 1.10. The highest BCUT2D eigenvalue weighted by atomic mass is 16.7. The molecule has 3 fully saturated rings. The average Bonchev–Trinajstić information content (AvgIpc) is 4.09. The van der Waals surface area contributed by atoms with Crippen LogP contribution < -0.4 is 0 Å². The number of rotatable bonds is 18. The van der Waals surface area contributed by atoms with Crippen molar-refractivity contribution in [1.82, 2.24) is 45.0 Å². The molecule has 366 valence electrons. The highest BCUT2D eigenvalue weighted by molar-refractivity contribution is 5.51. The summed E-state index contributed by atoms with van der Waals surface area (Å²) in [7, 11) is 0. The van der Waals surface area contributed by atoms with Crippen LogP contribution in [0.3, 0.4) is 0 Å². The number of ether oxygens (including phenoxy) is 6. The third-order valence-electron chi connectivity index (χ3n) is 12.2. The van der Waals surface area contributed by atoms with Crippen LogP contribution in [0.15, 0.2) is 18.6 Å². The van der Waals surface area contributed by atoms with E-state index in [1.807, 2.05) is 20.8 Å². The fourth-order valence-corrected chi connectivity index (χ4v) is 8.15. The Bertz CT molecular complexity index is 1950. The van der Waals surface area contributed by atoms with E-state index >= 15 is 0 Å². The number of hydrogen-bond donors (Lipinski definition) is 12. The molecular weight excluding hydrogens is 882 g/mol. The number of aromatic nitrogens is 9. The number of benzene rings is 1. The third kappa shape index (κ3) is 10.6. The van der Waals surface area contributed by atoms with Crippen LogP contribution in [0.4, 0.5) is 0 Å². The molecule has 12 N–H and O–H groups in total. The fraction of sp³-hybridized carbons (Fsp3) is 0.692. The van der Waals surface area contributed by atoms with Crippen LogP contribution in [0.5, 0.6) is 0 Å². The first-order valence-electron chi connectivity index (χ1n) is 21.1. The maximum atomic E-state index is 10.4. The van der Waals surface area contributed by atoms with Crippen molar-refractivity contribution in [2.75, 3.05) is 19.8 Å². The van der Waals surface area contributed by atoms with Gasteiger partial charge in [-0.1, -0.05) is 15.6 Å². The van der Waals surface area contributed by atoms with E-state index in [1.165, 1.54) is 0 Å². The highest BCUT2D eigenvalue weighted by Gasteiger charge is 2.46. The van der Waals surface area contributed by atoms with Gasteiger partial charge < -0.3 is 89.7 Å². The molecule has 0 saturated carbocycles. The third-order valence-corrected chi connectivity index (χ3v) is 12.2. The largest absolute Gasteiger partial charge is 0.394 e. The lowest BCUT2D eigenvalue weighted by molar-refractivity contribution is -0.304. The molecule has 0 amide bonds. The molecule has 0 spiro atoms. The Morgan fingerprint density at radius 1 is 0.424 bits per heavy atom. The molecule has 27 heteroatoms. The minimum absolute atomic E-state index is 0.200. The van der Waals surface area contributed by atoms with Gasteiger partial charge in [-0.3, -0.25) is 0 Å². The maximum absolute atomic E-state index is 10.4. The van der Waals surface area contributed by atoms with E-state index in [4.69, 9.17) is 28.4 Å². The van der Waals surface area contributed by atoms with Crippen molar-refractivity contribution in [3.8, 4) is 0 Å². The zero-order valence-corrected chi connectivity index (χ0v) is 36.1. The molecule has 7 rings (SSSR count). The van der Waals surface area contributed by atoms with E-state index in [0.29, 0.717) is 17.1 Å². The SMILES string of the molecule is Cc1c(Cn2cc(CO[C@H]3O[C@H](CO)[C@@H](O)[C@H](O)[C@@H]3O)nn2)c(C)c(Cn2cc(CO[C@H]3O[C@H](CO)[C@@H](O)[C@H](O)[C@@H]3O)nn2)c(C)c1Cn1cc(CO[C@H]2O[C@H](CO)[C@@H](O)[C@H](O)[C@@H]2O)nn1. The van der Waals surface area contributed by atoms with E-state index in [2.05, 4.69) is 30.9 Å². The van der Waals surface area contributed by atoms with Crippen LogP contribution in [0.2, 0.25) is 0 Å².